The molecule has 0 aliphatic carbocycles. The molecule has 23 heavy (non-hydrogen) atoms. The highest BCUT2D eigenvalue weighted by Crippen LogP contribution is 2.23. The first-order chi connectivity index (χ1) is 11.0. The molecule has 0 aliphatic rings. The van der Waals surface area contributed by atoms with Crippen LogP contribution in [0.3, 0.4) is 0 Å². The first-order valence-electron chi connectivity index (χ1n) is 6.60. The van der Waals surface area contributed by atoms with Gasteiger partial charge in [-0.2, -0.15) is 0 Å². The number of ether oxygens (including phenoxy) is 2. The number of para-hydroxylation sites is 1. The van der Waals surface area contributed by atoms with Crippen LogP contribution in [0.4, 0.5) is 0 Å². The Bertz CT molecular complexity index is 728. The fourth-order valence-corrected chi connectivity index (χ4v) is 2.01. The maximum Gasteiger partial charge on any atom is 0.339 e. The quantitative estimate of drug-likeness (QED) is 0.754. The number of hydrogen-bond acceptors (Lipinski definition) is 4. The molecule has 0 heterocycles. The fourth-order valence-electron chi connectivity index (χ4n) is 1.82. The Morgan fingerprint density at radius 3 is 2.17 bits per heavy atom. The van der Waals surface area contributed by atoms with Crippen LogP contribution in [-0.2, 0) is 0 Å². The normalized spacial score (nSPS) is 10.1. The van der Waals surface area contributed by atoms with E-state index in [1.165, 1.54) is 12.1 Å². The van der Waals surface area contributed by atoms with Gasteiger partial charge in [-0.15, -0.1) is 0 Å². The smallest absolute Gasteiger partial charge is 0.339 e. The van der Waals surface area contributed by atoms with Crippen LogP contribution in [0.25, 0.3) is 0 Å². The summed E-state index contributed by atoms with van der Waals surface area (Å²) in [5, 5.41) is 18.5. The number of aromatic carboxylic acids is 2. The zero-order chi connectivity index (χ0) is 16.8. The minimum absolute atomic E-state index is 0.0743. The SMILES string of the molecule is O=C(O)c1ccc(OCCOc2ccccc2Cl)c(C(=O)O)c1. The number of rotatable bonds is 7. The number of carboxylic acids is 2. The summed E-state index contributed by atoms with van der Waals surface area (Å²) in [5.74, 6) is -1.90. The van der Waals surface area contributed by atoms with E-state index in [4.69, 9.17) is 31.3 Å². The predicted octanol–water partition coefficient (Wildman–Crippen LogP) is 3.19. The maximum atomic E-state index is 11.2. The van der Waals surface area contributed by atoms with Crippen molar-refractivity contribution in [2.75, 3.05) is 13.2 Å². The molecule has 0 radical (unpaired) electrons. The van der Waals surface area contributed by atoms with Gasteiger partial charge in [0.2, 0.25) is 0 Å². The molecule has 0 aromatic heterocycles. The van der Waals surface area contributed by atoms with Gasteiger partial charge in [-0.25, -0.2) is 9.59 Å². The number of benzene rings is 2. The van der Waals surface area contributed by atoms with E-state index >= 15 is 0 Å². The Kier molecular flexibility index (Phi) is 5.43. The molecule has 0 amide bonds. The van der Waals surface area contributed by atoms with Gasteiger partial charge in [0, 0.05) is 0 Å². The lowest BCUT2D eigenvalue weighted by molar-refractivity contribution is 0.0691. The lowest BCUT2D eigenvalue weighted by atomic mass is 10.1. The third kappa shape index (κ3) is 4.37. The summed E-state index contributed by atoms with van der Waals surface area (Å²) >= 11 is 5.93. The van der Waals surface area contributed by atoms with Gasteiger partial charge in [0.15, 0.2) is 0 Å². The highest BCUT2D eigenvalue weighted by molar-refractivity contribution is 6.32. The first kappa shape index (κ1) is 16.6. The van der Waals surface area contributed by atoms with Crippen molar-refractivity contribution >= 4 is 23.5 Å². The van der Waals surface area contributed by atoms with Crippen LogP contribution in [0.15, 0.2) is 42.5 Å². The van der Waals surface area contributed by atoms with Crippen LogP contribution in [-0.4, -0.2) is 35.4 Å². The molecule has 6 nitrogen and oxygen atoms in total. The van der Waals surface area contributed by atoms with Crippen LogP contribution < -0.4 is 9.47 Å². The fraction of sp³-hybridized carbons (Fsp3) is 0.125. The number of halogens is 1. The summed E-state index contributed by atoms with van der Waals surface area (Å²) < 4.78 is 10.8. The van der Waals surface area contributed by atoms with Crippen molar-refractivity contribution in [3.05, 3.63) is 58.6 Å². The van der Waals surface area contributed by atoms with Crippen LogP contribution >= 0.6 is 11.6 Å². The molecule has 2 rings (SSSR count). The zero-order valence-corrected chi connectivity index (χ0v) is 12.6. The molecule has 120 valence electrons. The molecular weight excluding hydrogens is 324 g/mol. The van der Waals surface area contributed by atoms with E-state index in [2.05, 4.69) is 0 Å². The summed E-state index contributed by atoms with van der Waals surface area (Å²) in [6.45, 7) is 0.237. The minimum atomic E-state index is -1.27. The lowest BCUT2D eigenvalue weighted by Gasteiger charge is -2.11. The van der Waals surface area contributed by atoms with Crippen molar-refractivity contribution in [2.45, 2.75) is 0 Å². The molecule has 0 fully saturated rings. The molecule has 7 heteroatoms. The van der Waals surface area contributed by atoms with E-state index in [1.807, 2.05) is 0 Å². The van der Waals surface area contributed by atoms with Crippen molar-refractivity contribution < 1.29 is 29.3 Å². The van der Waals surface area contributed by atoms with Gasteiger partial charge >= 0.3 is 11.9 Å². The topological polar surface area (TPSA) is 93.1 Å². The molecule has 2 N–H and O–H groups in total. The molecule has 0 saturated carbocycles. The number of hydrogen-bond donors (Lipinski definition) is 2. The Balaban J connectivity index is 1.99. The Labute approximate surface area is 136 Å². The van der Waals surface area contributed by atoms with E-state index in [9.17, 15) is 9.59 Å². The summed E-state index contributed by atoms with van der Waals surface area (Å²) in [7, 11) is 0. The second-order valence-corrected chi connectivity index (χ2v) is 4.86. The van der Waals surface area contributed by atoms with Crippen molar-refractivity contribution in [1.82, 2.24) is 0 Å². The van der Waals surface area contributed by atoms with E-state index in [0.29, 0.717) is 10.8 Å². The van der Waals surface area contributed by atoms with E-state index in [1.54, 1.807) is 24.3 Å². The van der Waals surface area contributed by atoms with Crippen molar-refractivity contribution in [3.8, 4) is 11.5 Å². The van der Waals surface area contributed by atoms with Gasteiger partial charge in [0.05, 0.1) is 10.6 Å². The van der Waals surface area contributed by atoms with Crippen molar-refractivity contribution in [2.24, 2.45) is 0 Å². The van der Waals surface area contributed by atoms with Crippen LogP contribution in [0.2, 0.25) is 5.02 Å². The monoisotopic (exact) mass is 336 g/mol. The lowest BCUT2D eigenvalue weighted by Crippen LogP contribution is -2.12. The predicted molar refractivity (Wildman–Crippen MR) is 82.8 cm³/mol. The van der Waals surface area contributed by atoms with Gasteiger partial charge in [-0.1, -0.05) is 23.7 Å². The molecule has 2 aromatic rings. The first-order valence-corrected chi connectivity index (χ1v) is 6.97. The standard InChI is InChI=1S/C16H13ClO6/c17-12-3-1-2-4-14(12)23-8-7-22-13-6-5-10(15(18)19)9-11(13)16(20)21/h1-6,9H,7-8H2,(H,18,19)(H,20,21). The van der Waals surface area contributed by atoms with Crippen LogP contribution in [0.1, 0.15) is 20.7 Å². The second-order valence-electron chi connectivity index (χ2n) is 4.45. The van der Waals surface area contributed by atoms with Gasteiger partial charge in [-0.05, 0) is 30.3 Å². The average molecular weight is 337 g/mol. The Morgan fingerprint density at radius 1 is 0.913 bits per heavy atom. The number of carboxylic acid groups (broad SMARTS) is 2. The summed E-state index contributed by atoms with van der Waals surface area (Å²) in [4.78, 5) is 22.0. The third-order valence-corrected chi connectivity index (χ3v) is 3.20. The van der Waals surface area contributed by atoms with Gasteiger partial charge < -0.3 is 19.7 Å². The molecular formula is C16H13ClO6. The highest BCUT2D eigenvalue weighted by atomic mass is 35.5. The van der Waals surface area contributed by atoms with Gasteiger partial charge in [0.25, 0.3) is 0 Å². The Hall–Kier alpha value is -2.73. The minimum Gasteiger partial charge on any atom is -0.489 e. The number of carbonyl (C=O) groups is 2. The Morgan fingerprint density at radius 2 is 1.57 bits per heavy atom. The second kappa shape index (κ2) is 7.51. The molecule has 0 bridgehead atoms. The summed E-state index contributed by atoms with van der Waals surface area (Å²) in [6.07, 6.45) is 0. The maximum absolute atomic E-state index is 11.2. The van der Waals surface area contributed by atoms with E-state index in [-0.39, 0.29) is 30.1 Å². The van der Waals surface area contributed by atoms with E-state index in [0.717, 1.165) is 6.07 Å². The van der Waals surface area contributed by atoms with Crippen LogP contribution in [0.5, 0.6) is 11.5 Å². The molecule has 0 atom stereocenters. The molecule has 0 unspecified atom stereocenters. The average Bonchev–Trinajstić information content (AvgIpc) is 2.52. The van der Waals surface area contributed by atoms with Gasteiger partial charge in [-0.3, -0.25) is 0 Å². The molecule has 2 aromatic carbocycles. The highest BCUT2D eigenvalue weighted by Gasteiger charge is 2.15. The molecule has 0 spiro atoms. The zero-order valence-electron chi connectivity index (χ0n) is 11.9. The van der Waals surface area contributed by atoms with Crippen molar-refractivity contribution in [1.29, 1.82) is 0 Å². The summed E-state index contributed by atoms with van der Waals surface area (Å²) in [5.41, 5.74) is -0.343. The van der Waals surface area contributed by atoms with Gasteiger partial charge in [0.1, 0.15) is 30.3 Å². The molecule has 0 saturated heterocycles. The molecule has 0 aliphatic heterocycles. The van der Waals surface area contributed by atoms with Crippen molar-refractivity contribution in [3.63, 3.8) is 0 Å². The third-order valence-electron chi connectivity index (χ3n) is 2.89. The van der Waals surface area contributed by atoms with Crippen LogP contribution in [0, 0.1) is 0 Å². The largest absolute Gasteiger partial charge is 0.489 e. The van der Waals surface area contributed by atoms with E-state index < -0.39 is 11.9 Å². The summed E-state index contributed by atoms with van der Waals surface area (Å²) in [6, 6.07) is 10.6.